The molecule has 0 bridgehead atoms. The normalized spacial score (nSPS) is 17.0. The lowest BCUT2D eigenvalue weighted by atomic mass is 9.91. The molecule has 6 N–H and O–H groups in total. The highest BCUT2D eigenvalue weighted by Gasteiger charge is 2.23. The number of pyridine rings is 1. The van der Waals surface area contributed by atoms with Crippen LogP contribution in [0, 0.1) is 5.82 Å². The average Bonchev–Trinajstić information content (AvgIpc) is 3.41. The number of amidine groups is 1. The molecule has 3 aromatic heterocycles. The first-order valence-corrected chi connectivity index (χ1v) is 13.6. The molecular weight excluding hydrogens is 549 g/mol. The number of aryl methyl sites for hydroxylation is 1. The number of aliphatic imine (C=N–C) groups is 1. The van der Waals surface area contributed by atoms with Crippen LogP contribution in [0.25, 0.3) is 16.6 Å². The van der Waals surface area contributed by atoms with Crippen LogP contribution in [-0.4, -0.2) is 51.2 Å². The number of anilines is 1. The van der Waals surface area contributed by atoms with E-state index in [1.165, 1.54) is 18.2 Å². The summed E-state index contributed by atoms with van der Waals surface area (Å²) in [7, 11) is 1.60. The SMILES string of the molecule is CCc1cnc(OC)cc1-c1cc2c(NC3CCC(N)CC3)c(C(N)=Nc3cc(F)ccc3Cl)cnn2c1.O=CO. The van der Waals surface area contributed by atoms with Crippen LogP contribution in [0.4, 0.5) is 15.8 Å². The molecule has 1 aromatic carbocycles. The van der Waals surface area contributed by atoms with Crippen molar-refractivity contribution in [3.8, 4) is 17.0 Å². The summed E-state index contributed by atoms with van der Waals surface area (Å²) < 4.78 is 21.1. The fourth-order valence-corrected chi connectivity index (χ4v) is 5.07. The van der Waals surface area contributed by atoms with Crippen LogP contribution in [0.5, 0.6) is 5.88 Å². The molecule has 1 aliphatic rings. The van der Waals surface area contributed by atoms with E-state index in [2.05, 4.69) is 33.4 Å². The minimum Gasteiger partial charge on any atom is -0.483 e. The van der Waals surface area contributed by atoms with Crippen molar-refractivity contribution in [2.24, 2.45) is 16.5 Å². The van der Waals surface area contributed by atoms with E-state index in [9.17, 15) is 4.39 Å². The summed E-state index contributed by atoms with van der Waals surface area (Å²) in [5.41, 5.74) is 18.3. The highest BCUT2D eigenvalue weighted by Crippen LogP contribution is 2.34. The van der Waals surface area contributed by atoms with Crippen LogP contribution in [0.2, 0.25) is 5.02 Å². The van der Waals surface area contributed by atoms with Crippen molar-refractivity contribution in [3.05, 3.63) is 70.9 Å². The van der Waals surface area contributed by atoms with Crippen molar-refractivity contribution in [2.45, 2.75) is 51.1 Å². The summed E-state index contributed by atoms with van der Waals surface area (Å²) in [5.74, 6) is 0.286. The Morgan fingerprint density at radius 2 is 2.00 bits per heavy atom. The first-order valence-electron chi connectivity index (χ1n) is 13.2. The molecule has 5 rings (SSSR count). The minimum absolute atomic E-state index is 0.185. The standard InChI is InChI=1S/C28H31ClFN7O.CH2O2/c1-3-16-13-33-26(38-2)12-21(16)17-10-25-27(35-20-7-5-19(31)6-8-20)22(14-34-37(25)15-17)28(32)36-24-11-18(30)4-9-23(24)29;2-1-3/h4,9-15,19-20,35H,3,5-8,31H2,1-2H3,(H2,32,36);1H,(H,2,3). The number of benzene rings is 1. The molecular formula is C29H33ClFN7O3. The van der Waals surface area contributed by atoms with Crippen molar-refractivity contribution in [1.82, 2.24) is 14.6 Å². The summed E-state index contributed by atoms with van der Waals surface area (Å²) >= 11 is 6.26. The quantitative estimate of drug-likeness (QED) is 0.132. The van der Waals surface area contributed by atoms with E-state index >= 15 is 0 Å². The number of ether oxygens (including phenoxy) is 1. The maximum Gasteiger partial charge on any atom is 0.290 e. The van der Waals surface area contributed by atoms with Crippen molar-refractivity contribution < 1.29 is 19.0 Å². The fraction of sp³-hybridized carbons (Fsp3) is 0.310. The molecule has 0 aliphatic heterocycles. The van der Waals surface area contributed by atoms with Gasteiger partial charge in [-0.15, -0.1) is 0 Å². The Morgan fingerprint density at radius 1 is 1.27 bits per heavy atom. The van der Waals surface area contributed by atoms with E-state index in [-0.39, 0.29) is 30.1 Å². The molecule has 1 aliphatic carbocycles. The van der Waals surface area contributed by atoms with Crippen LogP contribution in [0.15, 0.2) is 53.9 Å². The number of carboxylic acid groups (broad SMARTS) is 1. The molecule has 0 atom stereocenters. The van der Waals surface area contributed by atoms with E-state index in [0.29, 0.717) is 16.5 Å². The Balaban J connectivity index is 0.00000124. The number of nitrogens with zero attached hydrogens (tertiary/aromatic N) is 4. The smallest absolute Gasteiger partial charge is 0.290 e. The zero-order chi connectivity index (χ0) is 29.5. The largest absolute Gasteiger partial charge is 0.483 e. The number of nitrogens with two attached hydrogens (primary N) is 2. The van der Waals surface area contributed by atoms with Gasteiger partial charge >= 0.3 is 0 Å². The summed E-state index contributed by atoms with van der Waals surface area (Å²) in [6.45, 7) is 1.84. The molecule has 10 nitrogen and oxygen atoms in total. The predicted molar refractivity (Wildman–Crippen MR) is 159 cm³/mol. The Kier molecular flexibility index (Phi) is 9.74. The minimum atomic E-state index is -0.442. The van der Waals surface area contributed by atoms with E-state index in [1.54, 1.807) is 13.3 Å². The number of carbonyl (C=O) groups is 1. The fourth-order valence-electron chi connectivity index (χ4n) is 4.91. The van der Waals surface area contributed by atoms with Gasteiger partial charge in [0.15, 0.2) is 0 Å². The first kappa shape index (κ1) is 29.8. The highest BCUT2D eigenvalue weighted by molar-refractivity contribution is 6.33. The van der Waals surface area contributed by atoms with Crippen LogP contribution in [-0.2, 0) is 11.2 Å². The Hall–Kier alpha value is -4.22. The number of rotatable bonds is 7. The van der Waals surface area contributed by atoms with Crippen molar-refractivity contribution in [3.63, 3.8) is 0 Å². The summed E-state index contributed by atoms with van der Waals surface area (Å²) in [6, 6.07) is 8.46. The monoisotopic (exact) mass is 581 g/mol. The molecule has 0 unspecified atom stereocenters. The molecule has 1 saturated carbocycles. The third-order valence-corrected chi connectivity index (χ3v) is 7.36. The third-order valence-electron chi connectivity index (χ3n) is 7.04. The van der Waals surface area contributed by atoms with Crippen molar-refractivity contribution in [1.29, 1.82) is 0 Å². The molecule has 4 aromatic rings. The molecule has 1 fully saturated rings. The lowest BCUT2D eigenvalue weighted by Crippen LogP contribution is -2.33. The number of hydrogen-bond acceptors (Lipinski definition) is 7. The van der Waals surface area contributed by atoms with Gasteiger partial charge in [-0.05, 0) is 61.4 Å². The maximum absolute atomic E-state index is 13.9. The number of aromatic nitrogens is 3. The predicted octanol–water partition coefficient (Wildman–Crippen LogP) is 5.18. The van der Waals surface area contributed by atoms with Gasteiger partial charge in [0.2, 0.25) is 5.88 Å². The molecule has 12 heteroatoms. The Bertz CT molecular complexity index is 1550. The molecule has 3 heterocycles. The second-order valence-electron chi connectivity index (χ2n) is 9.68. The van der Waals surface area contributed by atoms with Crippen molar-refractivity contribution in [2.75, 3.05) is 12.4 Å². The van der Waals surface area contributed by atoms with Gasteiger partial charge in [0, 0.05) is 42.2 Å². The number of nitrogens with one attached hydrogen (secondary N) is 1. The van der Waals surface area contributed by atoms with Gasteiger partial charge in [-0.3, -0.25) is 4.79 Å². The maximum atomic E-state index is 13.9. The third kappa shape index (κ3) is 6.93. The second kappa shape index (κ2) is 13.4. The van der Waals surface area contributed by atoms with E-state index in [0.717, 1.165) is 60.0 Å². The molecule has 0 radical (unpaired) electrons. The van der Waals surface area contributed by atoms with Gasteiger partial charge in [0.1, 0.15) is 11.7 Å². The summed E-state index contributed by atoms with van der Waals surface area (Å²) in [6.07, 6.45) is 10.1. The number of halogens is 2. The molecule has 0 saturated heterocycles. The molecule has 0 amide bonds. The van der Waals surface area contributed by atoms with Gasteiger partial charge in [-0.25, -0.2) is 18.9 Å². The zero-order valence-electron chi connectivity index (χ0n) is 22.8. The van der Waals surface area contributed by atoms with Crippen LogP contribution < -0.4 is 21.5 Å². The van der Waals surface area contributed by atoms with E-state index in [4.69, 9.17) is 37.7 Å². The number of fused-ring (bicyclic) bond motifs is 1. The van der Waals surface area contributed by atoms with Crippen molar-refractivity contribution >= 4 is 40.8 Å². The molecule has 41 heavy (non-hydrogen) atoms. The molecule has 216 valence electrons. The Morgan fingerprint density at radius 3 is 2.68 bits per heavy atom. The van der Waals surface area contributed by atoms with E-state index in [1.807, 2.05) is 23.0 Å². The molecule has 0 spiro atoms. The number of methoxy groups -OCH3 is 1. The van der Waals surface area contributed by atoms with E-state index < -0.39 is 5.82 Å². The highest BCUT2D eigenvalue weighted by atomic mass is 35.5. The topological polar surface area (TPSA) is 153 Å². The van der Waals surface area contributed by atoms with Gasteiger partial charge in [-0.2, -0.15) is 5.10 Å². The second-order valence-corrected chi connectivity index (χ2v) is 10.1. The van der Waals surface area contributed by atoms with Crippen LogP contribution in [0.1, 0.15) is 43.7 Å². The van der Waals surface area contributed by atoms with Gasteiger partial charge in [-0.1, -0.05) is 18.5 Å². The zero-order valence-corrected chi connectivity index (χ0v) is 23.6. The van der Waals surface area contributed by atoms with Crippen LogP contribution in [0.3, 0.4) is 0 Å². The lowest BCUT2D eigenvalue weighted by molar-refractivity contribution is -0.122. The first-order chi connectivity index (χ1) is 19.8. The van der Waals surface area contributed by atoms with Gasteiger partial charge < -0.3 is 26.6 Å². The lowest BCUT2D eigenvalue weighted by Gasteiger charge is -2.28. The Labute approximate surface area is 242 Å². The average molecular weight is 582 g/mol. The van der Waals surface area contributed by atoms with Gasteiger partial charge in [0.25, 0.3) is 6.47 Å². The summed E-state index contributed by atoms with van der Waals surface area (Å²) in [5, 5.41) is 15.5. The van der Waals surface area contributed by atoms with Crippen LogP contribution >= 0.6 is 11.6 Å². The van der Waals surface area contributed by atoms with Gasteiger partial charge in [0.05, 0.1) is 40.8 Å². The summed E-state index contributed by atoms with van der Waals surface area (Å²) in [4.78, 5) is 17.2. The number of hydrogen-bond donors (Lipinski definition) is 4.